The second kappa shape index (κ2) is 10.5. The van der Waals surface area contributed by atoms with Crippen molar-refractivity contribution in [3.05, 3.63) is 0 Å². The summed E-state index contributed by atoms with van der Waals surface area (Å²) in [6.07, 6.45) is 5.79. The fourth-order valence-electron chi connectivity index (χ4n) is 1.97. The zero-order valence-electron chi connectivity index (χ0n) is 13.0. The average Bonchev–Trinajstić information content (AvgIpc) is 2.33. The molecule has 6 nitrogen and oxygen atoms in total. The summed E-state index contributed by atoms with van der Waals surface area (Å²) in [6, 6.07) is 0. The van der Waals surface area contributed by atoms with Crippen molar-refractivity contribution in [1.82, 2.24) is 0 Å². The summed E-state index contributed by atoms with van der Waals surface area (Å²) in [5, 5.41) is 0. The Kier molecular flexibility index (Phi) is 10.4. The van der Waals surface area contributed by atoms with E-state index in [9.17, 15) is 16.8 Å². The summed E-state index contributed by atoms with van der Waals surface area (Å²) < 4.78 is 58.6. The molecule has 0 aliphatic rings. The van der Waals surface area contributed by atoms with Gasteiger partial charge in [-0.05, 0) is 19.3 Å². The molecule has 0 spiro atoms. The highest BCUT2D eigenvalue weighted by molar-refractivity contribution is 7.87. The molecule has 21 heavy (non-hydrogen) atoms. The summed E-state index contributed by atoms with van der Waals surface area (Å²) in [6.45, 7) is 4.11. The third-order valence-electron chi connectivity index (χ3n) is 3.09. The van der Waals surface area contributed by atoms with Crippen LogP contribution in [-0.4, -0.2) is 39.0 Å². The van der Waals surface area contributed by atoms with E-state index < -0.39 is 26.0 Å². The molecule has 0 amide bonds. The van der Waals surface area contributed by atoms with Gasteiger partial charge in [-0.25, -0.2) is 0 Å². The molecule has 0 radical (unpaired) electrons. The molecule has 128 valence electrons. The standard InChI is InChI=1S/C13H28O6S2/c1-3-5-7-10-13(9-6-4-2)19-21(17,18)12-8-11-20(14,15)16/h13H,3-12H2,1-2H3,(H,14,15,16). The van der Waals surface area contributed by atoms with Gasteiger partial charge in [-0.15, -0.1) is 0 Å². The molecule has 0 saturated heterocycles. The summed E-state index contributed by atoms with van der Waals surface area (Å²) in [5.74, 6) is -0.950. The van der Waals surface area contributed by atoms with Crippen molar-refractivity contribution in [3.63, 3.8) is 0 Å². The van der Waals surface area contributed by atoms with E-state index in [0.717, 1.165) is 32.1 Å². The van der Waals surface area contributed by atoms with Crippen LogP contribution in [0.3, 0.4) is 0 Å². The van der Waals surface area contributed by atoms with E-state index in [-0.39, 0.29) is 18.3 Å². The Labute approximate surface area is 129 Å². The van der Waals surface area contributed by atoms with Crippen LogP contribution in [-0.2, 0) is 24.4 Å². The van der Waals surface area contributed by atoms with Gasteiger partial charge in [0.2, 0.25) is 0 Å². The van der Waals surface area contributed by atoms with E-state index in [0.29, 0.717) is 12.8 Å². The van der Waals surface area contributed by atoms with E-state index in [1.54, 1.807) is 0 Å². The minimum absolute atomic E-state index is 0.156. The molecule has 0 aromatic carbocycles. The maximum Gasteiger partial charge on any atom is 0.267 e. The van der Waals surface area contributed by atoms with Crippen LogP contribution < -0.4 is 0 Å². The first-order valence-electron chi connectivity index (χ1n) is 7.56. The van der Waals surface area contributed by atoms with Crippen molar-refractivity contribution in [2.75, 3.05) is 11.5 Å². The van der Waals surface area contributed by atoms with Crippen LogP contribution in [0.15, 0.2) is 0 Å². The molecule has 0 aliphatic carbocycles. The molecule has 0 saturated carbocycles. The third kappa shape index (κ3) is 13.2. The van der Waals surface area contributed by atoms with Crippen molar-refractivity contribution in [1.29, 1.82) is 0 Å². The Hall–Kier alpha value is -0.180. The molecule has 1 atom stereocenters. The Morgan fingerprint density at radius 3 is 1.95 bits per heavy atom. The molecule has 1 N–H and O–H groups in total. The lowest BCUT2D eigenvalue weighted by atomic mass is 10.1. The van der Waals surface area contributed by atoms with E-state index >= 15 is 0 Å². The Balaban J connectivity index is 4.35. The van der Waals surface area contributed by atoms with Crippen molar-refractivity contribution in [3.8, 4) is 0 Å². The van der Waals surface area contributed by atoms with Crippen LogP contribution in [0.5, 0.6) is 0 Å². The number of unbranched alkanes of at least 4 members (excludes halogenated alkanes) is 3. The third-order valence-corrected chi connectivity index (χ3v) is 5.25. The highest BCUT2D eigenvalue weighted by Gasteiger charge is 2.20. The smallest absolute Gasteiger partial charge is 0.267 e. The topological polar surface area (TPSA) is 97.7 Å². The predicted molar refractivity (Wildman–Crippen MR) is 83.4 cm³/mol. The SMILES string of the molecule is CCCCCC(CCCC)OS(=O)(=O)CCCS(=O)(=O)O. The summed E-state index contributed by atoms with van der Waals surface area (Å²) >= 11 is 0. The predicted octanol–water partition coefficient (Wildman–Crippen LogP) is 2.75. The second-order valence-electron chi connectivity index (χ2n) is 5.26. The number of rotatable bonds is 13. The fourth-order valence-corrected chi connectivity index (χ4v) is 3.86. The highest BCUT2D eigenvalue weighted by Crippen LogP contribution is 2.16. The summed E-state index contributed by atoms with van der Waals surface area (Å²) in [5.41, 5.74) is 0. The van der Waals surface area contributed by atoms with Crippen molar-refractivity contribution in [2.24, 2.45) is 0 Å². The Morgan fingerprint density at radius 1 is 0.857 bits per heavy atom. The molecule has 8 heteroatoms. The normalized spacial score (nSPS) is 14.2. The quantitative estimate of drug-likeness (QED) is 0.313. The maximum atomic E-state index is 11.8. The van der Waals surface area contributed by atoms with Gasteiger partial charge in [0.25, 0.3) is 20.2 Å². The van der Waals surface area contributed by atoms with Crippen LogP contribution in [0.4, 0.5) is 0 Å². The monoisotopic (exact) mass is 344 g/mol. The molecule has 1 unspecified atom stereocenters. The Bertz CT molecular complexity index is 455. The molecular formula is C13H28O6S2. The van der Waals surface area contributed by atoms with E-state index in [2.05, 4.69) is 6.92 Å². The lowest BCUT2D eigenvalue weighted by molar-refractivity contribution is 0.181. The van der Waals surface area contributed by atoms with E-state index in [1.165, 1.54) is 0 Å². The molecular weight excluding hydrogens is 316 g/mol. The maximum absolute atomic E-state index is 11.8. The summed E-state index contributed by atoms with van der Waals surface area (Å²) in [7, 11) is -7.87. The van der Waals surface area contributed by atoms with E-state index in [4.69, 9.17) is 8.74 Å². The molecule has 0 aliphatic heterocycles. The second-order valence-corrected chi connectivity index (χ2v) is 8.55. The van der Waals surface area contributed by atoms with Gasteiger partial charge in [0.15, 0.2) is 0 Å². The van der Waals surface area contributed by atoms with Gasteiger partial charge in [-0.2, -0.15) is 16.8 Å². The van der Waals surface area contributed by atoms with Crippen LogP contribution >= 0.6 is 0 Å². The van der Waals surface area contributed by atoms with Crippen molar-refractivity contribution >= 4 is 20.2 Å². The van der Waals surface area contributed by atoms with Crippen molar-refractivity contribution < 1.29 is 25.6 Å². The number of hydrogen-bond acceptors (Lipinski definition) is 5. The van der Waals surface area contributed by atoms with Gasteiger partial charge < -0.3 is 0 Å². The van der Waals surface area contributed by atoms with Gasteiger partial charge in [-0.3, -0.25) is 8.74 Å². The van der Waals surface area contributed by atoms with Crippen molar-refractivity contribution in [2.45, 2.75) is 71.3 Å². The van der Waals surface area contributed by atoms with Crippen LogP contribution in [0, 0.1) is 0 Å². The first-order valence-corrected chi connectivity index (χ1v) is 10.7. The van der Waals surface area contributed by atoms with Crippen LogP contribution in [0.2, 0.25) is 0 Å². The van der Waals surface area contributed by atoms with Crippen LogP contribution in [0.1, 0.15) is 65.2 Å². The van der Waals surface area contributed by atoms with Gasteiger partial charge in [-0.1, -0.05) is 46.0 Å². The number of hydrogen-bond donors (Lipinski definition) is 1. The molecule has 0 heterocycles. The molecule has 0 bridgehead atoms. The zero-order valence-corrected chi connectivity index (χ0v) is 14.6. The minimum Gasteiger partial charge on any atom is -0.286 e. The lowest BCUT2D eigenvalue weighted by Crippen LogP contribution is -2.22. The van der Waals surface area contributed by atoms with Gasteiger partial charge in [0, 0.05) is 0 Å². The fraction of sp³-hybridized carbons (Fsp3) is 1.00. The molecule has 0 fully saturated rings. The minimum atomic E-state index is -4.13. The highest BCUT2D eigenvalue weighted by atomic mass is 32.2. The molecule has 0 aromatic heterocycles. The largest absolute Gasteiger partial charge is 0.286 e. The van der Waals surface area contributed by atoms with Gasteiger partial charge in [0.1, 0.15) is 0 Å². The molecule has 0 aromatic rings. The summed E-state index contributed by atoms with van der Waals surface area (Å²) in [4.78, 5) is 0. The first-order chi connectivity index (χ1) is 9.70. The molecule has 0 rings (SSSR count). The van der Waals surface area contributed by atoms with Crippen LogP contribution in [0.25, 0.3) is 0 Å². The average molecular weight is 344 g/mol. The van der Waals surface area contributed by atoms with Gasteiger partial charge >= 0.3 is 0 Å². The lowest BCUT2D eigenvalue weighted by Gasteiger charge is -2.17. The van der Waals surface area contributed by atoms with E-state index in [1.807, 2.05) is 6.92 Å². The van der Waals surface area contributed by atoms with Gasteiger partial charge in [0.05, 0.1) is 17.6 Å². The Morgan fingerprint density at radius 2 is 1.43 bits per heavy atom. The zero-order chi connectivity index (χ0) is 16.4. The first kappa shape index (κ1) is 20.8.